The smallest absolute Gasteiger partial charge is 0.170 e. The molecule has 2 aromatic rings. The van der Waals surface area contributed by atoms with E-state index in [1.165, 1.54) is 0 Å². The number of nitrogens with zero attached hydrogens (tertiary/aromatic N) is 2. The topological polar surface area (TPSA) is 80.6 Å². The lowest BCUT2D eigenvalue weighted by Gasteiger charge is -2.05. The maximum absolute atomic E-state index is 11.0. The maximum atomic E-state index is 11.0. The Morgan fingerprint density at radius 3 is 2.89 bits per heavy atom. The molecule has 0 bridgehead atoms. The normalized spacial score (nSPS) is 11.9. The second-order valence-corrected chi connectivity index (χ2v) is 4.18. The Kier molecular flexibility index (Phi) is 3.32. The lowest BCUT2D eigenvalue weighted by Crippen LogP contribution is -2.13. The number of aryl methyl sites for hydroxylation is 1. The van der Waals surface area contributed by atoms with E-state index >= 15 is 0 Å². The molecule has 0 spiro atoms. The first-order valence-corrected chi connectivity index (χ1v) is 5.68. The van der Waals surface area contributed by atoms with Crippen LogP contribution < -0.4 is 5.73 Å². The molecule has 0 unspecified atom stereocenters. The van der Waals surface area contributed by atoms with Crippen LogP contribution in [0, 0.1) is 0 Å². The predicted molar refractivity (Wildman–Crippen MR) is 69.7 cm³/mol. The molecule has 0 aliphatic carbocycles. The van der Waals surface area contributed by atoms with Gasteiger partial charge in [-0.25, -0.2) is 0 Å². The summed E-state index contributed by atoms with van der Waals surface area (Å²) in [6.07, 6.45) is 2.40. The number of amidine groups is 1. The minimum absolute atomic E-state index is 0.0879. The van der Waals surface area contributed by atoms with Crippen molar-refractivity contribution in [3.63, 3.8) is 0 Å². The zero-order valence-electron chi connectivity index (χ0n) is 10.1. The summed E-state index contributed by atoms with van der Waals surface area (Å²) in [5, 5.41) is 12.7. The Bertz CT molecular complexity index is 614. The van der Waals surface area contributed by atoms with Crippen LogP contribution in [0.25, 0.3) is 10.9 Å². The Morgan fingerprint density at radius 1 is 1.44 bits per heavy atom. The summed E-state index contributed by atoms with van der Waals surface area (Å²) >= 11 is 0. The van der Waals surface area contributed by atoms with Gasteiger partial charge in [0, 0.05) is 35.6 Å². The van der Waals surface area contributed by atoms with Gasteiger partial charge in [0.1, 0.15) is 5.78 Å². The van der Waals surface area contributed by atoms with Crippen molar-refractivity contribution in [1.82, 2.24) is 4.57 Å². The molecule has 0 radical (unpaired) electrons. The second kappa shape index (κ2) is 4.91. The highest BCUT2D eigenvalue weighted by Crippen LogP contribution is 2.20. The molecule has 5 nitrogen and oxygen atoms in total. The maximum Gasteiger partial charge on any atom is 0.170 e. The fourth-order valence-electron chi connectivity index (χ4n) is 1.97. The molecule has 0 saturated heterocycles. The fraction of sp³-hybridized carbons (Fsp3) is 0.231. The van der Waals surface area contributed by atoms with Gasteiger partial charge in [0.15, 0.2) is 5.84 Å². The lowest BCUT2D eigenvalue weighted by atomic mass is 10.1. The van der Waals surface area contributed by atoms with Gasteiger partial charge in [0.2, 0.25) is 0 Å². The first-order valence-electron chi connectivity index (χ1n) is 5.68. The van der Waals surface area contributed by atoms with Gasteiger partial charge in [-0.1, -0.05) is 17.3 Å². The van der Waals surface area contributed by atoms with Crippen molar-refractivity contribution in [2.75, 3.05) is 0 Å². The average molecular weight is 245 g/mol. The van der Waals surface area contributed by atoms with E-state index in [4.69, 9.17) is 10.9 Å². The summed E-state index contributed by atoms with van der Waals surface area (Å²) in [6, 6.07) is 7.50. The Balaban J connectivity index is 2.45. The Morgan fingerprint density at radius 2 is 2.22 bits per heavy atom. The number of nitrogens with two attached hydrogens (primary N) is 1. The standard InChI is InChI=1S/C13H15N3O2/c1-9(17)5-7-16-8-6-10-11(13(14)15-18)3-2-4-12(10)16/h2-4,6,8,18H,5,7H2,1H3,(H2,14,15). The predicted octanol–water partition coefficient (Wildman–Crippen LogP) is 1.71. The SMILES string of the molecule is CC(=O)CCn1ccc2c(/C(N)=N/O)cccc21. The number of rotatable bonds is 4. The van der Waals surface area contributed by atoms with Crippen molar-refractivity contribution in [3.05, 3.63) is 36.0 Å². The van der Waals surface area contributed by atoms with Gasteiger partial charge in [0.25, 0.3) is 0 Å². The minimum atomic E-state index is 0.0879. The number of hydrogen-bond acceptors (Lipinski definition) is 3. The van der Waals surface area contributed by atoms with Gasteiger partial charge in [-0.3, -0.25) is 4.79 Å². The Labute approximate surface area is 105 Å². The number of benzene rings is 1. The monoisotopic (exact) mass is 245 g/mol. The molecule has 2 rings (SSSR count). The largest absolute Gasteiger partial charge is 0.409 e. The van der Waals surface area contributed by atoms with E-state index in [0.29, 0.717) is 18.5 Å². The molecule has 0 fully saturated rings. The molecule has 18 heavy (non-hydrogen) atoms. The second-order valence-electron chi connectivity index (χ2n) is 4.18. The zero-order valence-corrected chi connectivity index (χ0v) is 10.1. The Hall–Kier alpha value is -2.30. The van der Waals surface area contributed by atoms with Crippen LogP contribution in [0.15, 0.2) is 35.6 Å². The number of ketones is 1. The van der Waals surface area contributed by atoms with E-state index in [1.807, 2.05) is 29.0 Å². The molecule has 1 heterocycles. The molecule has 5 heteroatoms. The van der Waals surface area contributed by atoms with E-state index in [1.54, 1.807) is 13.0 Å². The third-order valence-electron chi connectivity index (χ3n) is 2.90. The van der Waals surface area contributed by atoms with Crippen molar-refractivity contribution < 1.29 is 10.0 Å². The van der Waals surface area contributed by atoms with Gasteiger partial charge in [-0.05, 0) is 19.1 Å². The van der Waals surface area contributed by atoms with E-state index in [2.05, 4.69) is 5.16 Å². The summed E-state index contributed by atoms with van der Waals surface area (Å²) < 4.78 is 1.99. The van der Waals surface area contributed by atoms with E-state index < -0.39 is 0 Å². The van der Waals surface area contributed by atoms with Crippen LogP contribution in [0.3, 0.4) is 0 Å². The van der Waals surface area contributed by atoms with Crippen molar-refractivity contribution in [3.8, 4) is 0 Å². The number of oxime groups is 1. The molecule has 0 atom stereocenters. The molecule has 3 N–H and O–H groups in total. The number of aromatic nitrogens is 1. The average Bonchev–Trinajstić information content (AvgIpc) is 2.78. The molecular weight excluding hydrogens is 230 g/mol. The van der Waals surface area contributed by atoms with Crippen LogP contribution in [0.2, 0.25) is 0 Å². The fourth-order valence-corrected chi connectivity index (χ4v) is 1.97. The van der Waals surface area contributed by atoms with Gasteiger partial charge in [-0.15, -0.1) is 0 Å². The molecule has 0 aliphatic rings. The number of carbonyl (C=O) groups excluding carboxylic acids is 1. The van der Waals surface area contributed by atoms with Crippen LogP contribution in [0.4, 0.5) is 0 Å². The van der Waals surface area contributed by atoms with Gasteiger partial charge in [-0.2, -0.15) is 0 Å². The first kappa shape index (κ1) is 12.2. The number of carbonyl (C=O) groups is 1. The number of hydrogen-bond donors (Lipinski definition) is 2. The van der Waals surface area contributed by atoms with Gasteiger partial charge >= 0.3 is 0 Å². The van der Waals surface area contributed by atoms with Crippen molar-refractivity contribution in [1.29, 1.82) is 0 Å². The van der Waals surface area contributed by atoms with E-state index in [0.717, 1.165) is 10.9 Å². The summed E-state index contributed by atoms with van der Waals surface area (Å²) in [4.78, 5) is 11.0. The summed E-state index contributed by atoms with van der Waals surface area (Å²) in [7, 11) is 0. The highest BCUT2D eigenvalue weighted by molar-refractivity contribution is 6.08. The van der Waals surface area contributed by atoms with Crippen LogP contribution in [0.5, 0.6) is 0 Å². The van der Waals surface area contributed by atoms with E-state index in [-0.39, 0.29) is 11.6 Å². The first-order chi connectivity index (χ1) is 8.63. The molecule has 0 saturated carbocycles. The van der Waals surface area contributed by atoms with Crippen molar-refractivity contribution in [2.45, 2.75) is 19.9 Å². The quantitative estimate of drug-likeness (QED) is 0.372. The van der Waals surface area contributed by atoms with Crippen molar-refractivity contribution >= 4 is 22.5 Å². The molecule has 0 aliphatic heterocycles. The summed E-state index contributed by atoms with van der Waals surface area (Å²) in [5.74, 6) is 0.245. The van der Waals surface area contributed by atoms with Crippen LogP contribution in [0.1, 0.15) is 18.9 Å². The summed E-state index contributed by atoms with van der Waals surface area (Å²) in [5.41, 5.74) is 7.29. The molecule has 1 aromatic heterocycles. The third-order valence-corrected chi connectivity index (χ3v) is 2.90. The number of Topliss-reactive ketones (excluding diaryl/α,β-unsaturated/α-hetero) is 1. The van der Waals surface area contributed by atoms with Crippen LogP contribution >= 0.6 is 0 Å². The third kappa shape index (κ3) is 2.20. The zero-order chi connectivity index (χ0) is 13.1. The van der Waals surface area contributed by atoms with E-state index in [9.17, 15) is 4.79 Å². The van der Waals surface area contributed by atoms with Crippen LogP contribution in [-0.4, -0.2) is 21.4 Å². The highest BCUT2D eigenvalue weighted by Gasteiger charge is 2.08. The van der Waals surface area contributed by atoms with Gasteiger partial charge < -0.3 is 15.5 Å². The minimum Gasteiger partial charge on any atom is -0.409 e. The molecule has 94 valence electrons. The highest BCUT2D eigenvalue weighted by atomic mass is 16.4. The molecular formula is C13H15N3O2. The lowest BCUT2D eigenvalue weighted by molar-refractivity contribution is -0.117. The molecule has 1 aromatic carbocycles. The summed E-state index contributed by atoms with van der Waals surface area (Å²) in [6.45, 7) is 2.21. The molecule has 0 amide bonds. The number of fused-ring (bicyclic) bond motifs is 1. The van der Waals surface area contributed by atoms with Gasteiger partial charge in [0.05, 0.1) is 0 Å². The van der Waals surface area contributed by atoms with Crippen molar-refractivity contribution in [2.24, 2.45) is 10.9 Å². The van der Waals surface area contributed by atoms with Crippen LogP contribution in [-0.2, 0) is 11.3 Å².